The molecule has 0 radical (unpaired) electrons. The number of furan rings is 1. The lowest BCUT2D eigenvalue weighted by Gasteiger charge is -1.95. The number of halogens is 1. The van der Waals surface area contributed by atoms with Crippen LogP contribution in [0.5, 0.6) is 0 Å². The van der Waals surface area contributed by atoms with Gasteiger partial charge in [-0.1, -0.05) is 6.92 Å². The number of carboxylic acid groups (broad SMARTS) is 1. The van der Waals surface area contributed by atoms with Crippen LogP contribution >= 0.6 is 15.9 Å². The molecule has 0 saturated carbocycles. The molecule has 0 aliphatic rings. The molecule has 0 amide bonds. The van der Waals surface area contributed by atoms with E-state index < -0.39 is 5.97 Å². The monoisotopic (exact) mass is 244 g/mol. The molecule has 0 unspecified atom stereocenters. The zero-order valence-electron chi connectivity index (χ0n) is 7.08. The fraction of sp³-hybridized carbons (Fsp3) is 0.222. The topological polar surface area (TPSA) is 50.4 Å². The van der Waals surface area contributed by atoms with Gasteiger partial charge < -0.3 is 9.52 Å². The predicted molar refractivity (Wildman–Crippen MR) is 52.3 cm³/mol. The molecule has 1 N–H and O–H groups in total. The smallest absolute Gasteiger partial charge is 0.331 e. The zero-order valence-corrected chi connectivity index (χ0v) is 8.67. The van der Waals surface area contributed by atoms with Crippen LogP contribution in [0.2, 0.25) is 0 Å². The van der Waals surface area contributed by atoms with E-state index in [0.717, 1.165) is 4.47 Å². The molecule has 1 aromatic rings. The van der Waals surface area contributed by atoms with Crippen LogP contribution in [-0.2, 0) is 4.79 Å². The van der Waals surface area contributed by atoms with Crippen molar-refractivity contribution in [1.82, 2.24) is 0 Å². The van der Waals surface area contributed by atoms with E-state index in [9.17, 15) is 4.79 Å². The van der Waals surface area contributed by atoms with Crippen molar-refractivity contribution in [3.63, 3.8) is 0 Å². The fourth-order valence-corrected chi connectivity index (χ4v) is 1.20. The molecular weight excluding hydrogens is 236 g/mol. The zero-order chi connectivity index (χ0) is 9.84. The first-order valence-corrected chi connectivity index (χ1v) is 4.61. The van der Waals surface area contributed by atoms with Crippen LogP contribution in [0.3, 0.4) is 0 Å². The van der Waals surface area contributed by atoms with Gasteiger partial charge in [-0.25, -0.2) is 4.79 Å². The van der Waals surface area contributed by atoms with Gasteiger partial charge in [0.05, 0.1) is 10.7 Å². The second-order valence-corrected chi connectivity index (χ2v) is 3.32. The van der Waals surface area contributed by atoms with Crippen molar-refractivity contribution in [3.8, 4) is 0 Å². The van der Waals surface area contributed by atoms with Crippen molar-refractivity contribution >= 4 is 28.0 Å². The van der Waals surface area contributed by atoms with Crippen LogP contribution in [0.25, 0.3) is 6.08 Å². The van der Waals surface area contributed by atoms with Crippen LogP contribution < -0.4 is 0 Å². The van der Waals surface area contributed by atoms with Crippen LogP contribution in [0.15, 0.2) is 26.8 Å². The lowest BCUT2D eigenvalue weighted by molar-refractivity contribution is -0.132. The molecule has 0 atom stereocenters. The molecular formula is C9H9BrO3. The molecule has 0 aromatic carbocycles. The highest BCUT2D eigenvalue weighted by Crippen LogP contribution is 2.21. The summed E-state index contributed by atoms with van der Waals surface area (Å²) in [5, 5.41) is 8.74. The van der Waals surface area contributed by atoms with Crippen molar-refractivity contribution in [2.45, 2.75) is 13.3 Å². The molecule has 0 spiro atoms. The minimum atomic E-state index is -0.911. The van der Waals surface area contributed by atoms with Gasteiger partial charge in [0.2, 0.25) is 0 Å². The number of carboxylic acids is 1. The Labute approximate surface area is 84.2 Å². The molecule has 1 aromatic heterocycles. The van der Waals surface area contributed by atoms with E-state index in [1.807, 2.05) is 0 Å². The minimum Gasteiger partial charge on any atom is -0.478 e. The average molecular weight is 245 g/mol. The second-order valence-electron chi connectivity index (χ2n) is 2.46. The summed E-state index contributed by atoms with van der Waals surface area (Å²) in [6, 6.07) is 1.72. The molecule has 0 saturated heterocycles. The van der Waals surface area contributed by atoms with E-state index in [2.05, 4.69) is 15.9 Å². The molecule has 3 nitrogen and oxygen atoms in total. The summed E-state index contributed by atoms with van der Waals surface area (Å²) < 4.78 is 5.82. The second kappa shape index (κ2) is 4.28. The largest absolute Gasteiger partial charge is 0.478 e. The number of hydrogen-bond donors (Lipinski definition) is 1. The number of aliphatic carboxylic acids is 1. The van der Waals surface area contributed by atoms with Crippen molar-refractivity contribution in [3.05, 3.63) is 28.1 Å². The Kier molecular flexibility index (Phi) is 3.31. The van der Waals surface area contributed by atoms with Gasteiger partial charge in [-0.3, -0.25) is 0 Å². The third-order valence-corrected chi connectivity index (χ3v) is 2.26. The summed E-state index contributed by atoms with van der Waals surface area (Å²) in [6.07, 6.45) is 3.50. The van der Waals surface area contributed by atoms with Crippen molar-refractivity contribution < 1.29 is 14.3 Å². The maximum absolute atomic E-state index is 10.6. The highest BCUT2D eigenvalue weighted by atomic mass is 79.9. The minimum absolute atomic E-state index is 0.329. The van der Waals surface area contributed by atoms with Crippen molar-refractivity contribution in [1.29, 1.82) is 0 Å². The molecule has 0 aliphatic carbocycles. The lowest BCUT2D eigenvalue weighted by Crippen LogP contribution is -1.98. The maximum atomic E-state index is 10.6. The predicted octanol–water partition coefficient (Wildman–Crippen LogP) is 2.92. The number of hydrogen-bond acceptors (Lipinski definition) is 2. The Balaban J connectivity index is 2.98. The number of rotatable bonds is 3. The van der Waals surface area contributed by atoms with E-state index in [4.69, 9.17) is 9.52 Å². The normalized spacial score (nSPS) is 11.7. The standard InChI is InChI=1S/C9H9BrO3/c1-2-6(9(11)12)5-8-7(10)3-4-13-8/h3-5H,2H2,1H3,(H,11,12)/b6-5+. The quantitative estimate of drug-likeness (QED) is 0.833. The summed E-state index contributed by atoms with van der Waals surface area (Å²) in [4.78, 5) is 10.6. The summed E-state index contributed by atoms with van der Waals surface area (Å²) in [5.74, 6) is -0.370. The van der Waals surface area contributed by atoms with Gasteiger partial charge >= 0.3 is 5.97 Å². The first kappa shape index (κ1) is 10.1. The summed E-state index contributed by atoms with van der Waals surface area (Å²) in [7, 11) is 0. The highest BCUT2D eigenvalue weighted by Gasteiger charge is 2.07. The Morgan fingerprint density at radius 2 is 2.46 bits per heavy atom. The Hall–Kier alpha value is -1.03. The third kappa shape index (κ3) is 2.45. The number of carbonyl (C=O) groups is 1. The first-order chi connectivity index (χ1) is 6.15. The molecule has 70 valence electrons. The molecule has 0 aliphatic heterocycles. The Morgan fingerprint density at radius 1 is 1.77 bits per heavy atom. The highest BCUT2D eigenvalue weighted by molar-refractivity contribution is 9.10. The van der Waals surface area contributed by atoms with Crippen LogP contribution in [-0.4, -0.2) is 11.1 Å². The van der Waals surface area contributed by atoms with Gasteiger partial charge in [0.15, 0.2) is 0 Å². The molecule has 0 bridgehead atoms. The van der Waals surface area contributed by atoms with Gasteiger partial charge in [-0.2, -0.15) is 0 Å². The molecule has 1 rings (SSSR count). The maximum Gasteiger partial charge on any atom is 0.331 e. The molecule has 0 fully saturated rings. The molecule has 13 heavy (non-hydrogen) atoms. The summed E-state index contributed by atoms with van der Waals surface area (Å²) in [6.45, 7) is 1.79. The third-order valence-electron chi connectivity index (χ3n) is 1.61. The van der Waals surface area contributed by atoms with E-state index in [0.29, 0.717) is 17.8 Å². The summed E-state index contributed by atoms with van der Waals surface area (Å²) >= 11 is 3.24. The first-order valence-electron chi connectivity index (χ1n) is 3.82. The van der Waals surface area contributed by atoms with Gasteiger partial charge in [-0.05, 0) is 34.5 Å². The van der Waals surface area contributed by atoms with Gasteiger partial charge in [0, 0.05) is 5.57 Å². The van der Waals surface area contributed by atoms with Crippen LogP contribution in [0.4, 0.5) is 0 Å². The Morgan fingerprint density at radius 3 is 2.85 bits per heavy atom. The van der Waals surface area contributed by atoms with Gasteiger partial charge in [-0.15, -0.1) is 0 Å². The lowest BCUT2D eigenvalue weighted by atomic mass is 10.2. The van der Waals surface area contributed by atoms with Gasteiger partial charge in [0.1, 0.15) is 5.76 Å². The molecule has 4 heteroatoms. The summed E-state index contributed by atoms with van der Waals surface area (Å²) in [5.41, 5.74) is 0.329. The van der Waals surface area contributed by atoms with Crippen molar-refractivity contribution in [2.75, 3.05) is 0 Å². The van der Waals surface area contributed by atoms with Crippen molar-refractivity contribution in [2.24, 2.45) is 0 Å². The Bertz CT molecular complexity index is 338. The fourth-order valence-electron chi connectivity index (χ4n) is 0.882. The SMILES string of the molecule is CC/C(=C\c1occc1Br)C(=O)O. The van der Waals surface area contributed by atoms with E-state index >= 15 is 0 Å². The average Bonchev–Trinajstić information content (AvgIpc) is 2.46. The molecule has 1 heterocycles. The van der Waals surface area contributed by atoms with Crippen LogP contribution in [0.1, 0.15) is 19.1 Å². The van der Waals surface area contributed by atoms with Crippen LogP contribution in [0, 0.1) is 0 Å². The van der Waals surface area contributed by atoms with E-state index in [-0.39, 0.29) is 0 Å². The van der Waals surface area contributed by atoms with E-state index in [1.165, 1.54) is 12.3 Å². The van der Waals surface area contributed by atoms with Gasteiger partial charge in [0.25, 0.3) is 0 Å². The van der Waals surface area contributed by atoms with E-state index in [1.54, 1.807) is 13.0 Å².